The normalized spacial score (nSPS) is 11.0. The van der Waals surface area contributed by atoms with Gasteiger partial charge in [-0.3, -0.25) is 4.79 Å². The minimum Gasteiger partial charge on any atom is -0.267 e. The fourth-order valence-corrected chi connectivity index (χ4v) is 2.65. The van der Waals surface area contributed by atoms with E-state index in [2.05, 4.69) is 26.5 Å². The molecule has 0 aromatic heterocycles. The molecule has 1 N–H and O–H groups in total. The number of amides is 1. The largest absolute Gasteiger partial charge is 0.271 e. The maximum Gasteiger partial charge on any atom is 0.271 e. The number of fused-ring (bicyclic) bond motifs is 1. The number of rotatable bonds is 3. The summed E-state index contributed by atoms with van der Waals surface area (Å²) in [7, 11) is 0. The second kappa shape index (κ2) is 6.54. The molecule has 0 fully saturated rings. The molecule has 3 rings (SSSR count). The maximum atomic E-state index is 12.3. The molecule has 22 heavy (non-hydrogen) atoms. The van der Waals surface area contributed by atoms with E-state index in [4.69, 9.17) is 0 Å². The number of carbonyl (C=O) groups excluding carboxylic acids is 1. The number of nitrogens with zero attached hydrogens (tertiary/aromatic N) is 1. The van der Waals surface area contributed by atoms with E-state index in [9.17, 15) is 4.79 Å². The highest BCUT2D eigenvalue weighted by molar-refractivity contribution is 9.10. The van der Waals surface area contributed by atoms with Crippen molar-refractivity contribution in [2.24, 2.45) is 5.10 Å². The lowest BCUT2D eigenvalue weighted by atomic mass is 10.0. The molecule has 4 heteroatoms. The summed E-state index contributed by atoms with van der Waals surface area (Å²) in [6.07, 6.45) is 1.62. The van der Waals surface area contributed by atoms with Gasteiger partial charge in [0.05, 0.1) is 6.21 Å². The van der Waals surface area contributed by atoms with Crippen molar-refractivity contribution >= 4 is 38.8 Å². The van der Waals surface area contributed by atoms with Gasteiger partial charge in [-0.1, -0.05) is 64.5 Å². The Morgan fingerprint density at radius 2 is 1.77 bits per heavy atom. The van der Waals surface area contributed by atoms with Crippen LogP contribution in [0.3, 0.4) is 0 Å². The Morgan fingerprint density at radius 1 is 1.00 bits per heavy atom. The zero-order valence-corrected chi connectivity index (χ0v) is 13.2. The first-order chi connectivity index (χ1) is 10.7. The Kier molecular flexibility index (Phi) is 4.30. The highest BCUT2D eigenvalue weighted by Gasteiger charge is 2.08. The average molecular weight is 353 g/mol. The molecule has 0 saturated carbocycles. The molecule has 0 heterocycles. The first kappa shape index (κ1) is 14.5. The molecule has 0 aliphatic rings. The summed E-state index contributed by atoms with van der Waals surface area (Å²) in [5.74, 6) is -0.219. The molecule has 0 saturated heterocycles. The highest BCUT2D eigenvalue weighted by Crippen LogP contribution is 2.18. The third-order valence-electron chi connectivity index (χ3n) is 3.26. The number of carbonyl (C=O) groups is 1. The van der Waals surface area contributed by atoms with Crippen molar-refractivity contribution in [3.63, 3.8) is 0 Å². The molecule has 0 spiro atoms. The van der Waals surface area contributed by atoms with Gasteiger partial charge in [0.15, 0.2) is 0 Å². The minimum absolute atomic E-state index is 0.219. The molecule has 3 aromatic rings. The molecular formula is C18H13BrN2O. The second-order valence-corrected chi connectivity index (χ2v) is 5.70. The fraction of sp³-hybridized carbons (Fsp3) is 0. The average Bonchev–Trinajstić information content (AvgIpc) is 2.54. The van der Waals surface area contributed by atoms with Crippen LogP contribution in [0.25, 0.3) is 10.8 Å². The summed E-state index contributed by atoms with van der Waals surface area (Å²) in [6.45, 7) is 0. The fourth-order valence-electron chi connectivity index (χ4n) is 2.24. The van der Waals surface area contributed by atoms with E-state index in [-0.39, 0.29) is 5.91 Å². The third-order valence-corrected chi connectivity index (χ3v) is 3.76. The lowest BCUT2D eigenvalue weighted by Gasteiger charge is -2.04. The number of hydrazone groups is 1. The van der Waals surface area contributed by atoms with E-state index in [0.29, 0.717) is 5.56 Å². The minimum atomic E-state index is -0.219. The Bertz CT molecular complexity index is 853. The molecule has 3 aromatic carbocycles. The van der Waals surface area contributed by atoms with Crippen molar-refractivity contribution < 1.29 is 4.79 Å². The zero-order chi connectivity index (χ0) is 15.4. The lowest BCUT2D eigenvalue weighted by Crippen LogP contribution is -2.17. The summed E-state index contributed by atoms with van der Waals surface area (Å²) in [5.41, 5.74) is 4.10. The summed E-state index contributed by atoms with van der Waals surface area (Å²) >= 11 is 3.40. The van der Waals surface area contributed by atoms with E-state index in [0.717, 1.165) is 20.8 Å². The number of hydrogen-bond acceptors (Lipinski definition) is 2. The lowest BCUT2D eigenvalue weighted by molar-refractivity contribution is 0.0957. The van der Waals surface area contributed by atoms with Gasteiger partial charge in [-0.25, -0.2) is 5.43 Å². The number of hydrogen-bond donors (Lipinski definition) is 1. The summed E-state index contributed by atoms with van der Waals surface area (Å²) in [4.78, 5) is 12.3. The van der Waals surface area contributed by atoms with Gasteiger partial charge >= 0.3 is 0 Å². The van der Waals surface area contributed by atoms with Crippen LogP contribution in [0, 0.1) is 0 Å². The van der Waals surface area contributed by atoms with Crippen molar-refractivity contribution in [2.75, 3.05) is 0 Å². The van der Waals surface area contributed by atoms with E-state index in [1.54, 1.807) is 12.3 Å². The Labute approximate surface area is 136 Å². The Hall–Kier alpha value is -2.46. The van der Waals surface area contributed by atoms with Crippen LogP contribution in [-0.2, 0) is 0 Å². The van der Waals surface area contributed by atoms with Crippen molar-refractivity contribution in [1.29, 1.82) is 0 Å². The Balaban J connectivity index is 1.79. The van der Waals surface area contributed by atoms with Crippen molar-refractivity contribution in [1.82, 2.24) is 5.43 Å². The third kappa shape index (κ3) is 3.23. The van der Waals surface area contributed by atoms with Gasteiger partial charge in [-0.05, 0) is 34.5 Å². The molecule has 0 aliphatic carbocycles. The van der Waals surface area contributed by atoms with Crippen molar-refractivity contribution in [2.45, 2.75) is 0 Å². The molecule has 0 atom stereocenters. The van der Waals surface area contributed by atoms with Gasteiger partial charge < -0.3 is 0 Å². The van der Waals surface area contributed by atoms with Crippen LogP contribution in [0.1, 0.15) is 15.9 Å². The van der Waals surface area contributed by atoms with Crippen LogP contribution in [0.4, 0.5) is 0 Å². The molecular weight excluding hydrogens is 340 g/mol. The molecule has 1 amide bonds. The van der Waals surface area contributed by atoms with Gasteiger partial charge in [-0.15, -0.1) is 0 Å². The number of nitrogens with one attached hydrogen (secondary N) is 1. The van der Waals surface area contributed by atoms with E-state index in [1.807, 2.05) is 60.7 Å². The first-order valence-corrected chi connectivity index (χ1v) is 7.60. The van der Waals surface area contributed by atoms with Crippen LogP contribution >= 0.6 is 15.9 Å². The topological polar surface area (TPSA) is 41.5 Å². The summed E-state index contributed by atoms with van der Waals surface area (Å²) < 4.78 is 0.969. The standard InChI is InChI=1S/C18H13BrN2O/c19-15-8-3-5-13(11-15)12-20-21-18(22)17-10-4-7-14-6-1-2-9-16(14)17/h1-12H,(H,21,22). The second-order valence-electron chi connectivity index (χ2n) is 4.78. The quantitative estimate of drug-likeness (QED) is 0.552. The number of benzene rings is 3. The van der Waals surface area contributed by atoms with Crippen LogP contribution < -0.4 is 5.43 Å². The van der Waals surface area contributed by atoms with Gasteiger partial charge in [0, 0.05) is 10.0 Å². The molecule has 0 bridgehead atoms. The van der Waals surface area contributed by atoms with E-state index in [1.165, 1.54) is 0 Å². The van der Waals surface area contributed by atoms with Crippen LogP contribution in [0.2, 0.25) is 0 Å². The Morgan fingerprint density at radius 3 is 2.64 bits per heavy atom. The van der Waals surface area contributed by atoms with Crippen molar-refractivity contribution in [3.8, 4) is 0 Å². The molecule has 3 nitrogen and oxygen atoms in total. The smallest absolute Gasteiger partial charge is 0.267 e. The van der Waals surface area contributed by atoms with Gasteiger partial charge in [-0.2, -0.15) is 5.10 Å². The first-order valence-electron chi connectivity index (χ1n) is 6.81. The van der Waals surface area contributed by atoms with Gasteiger partial charge in [0.25, 0.3) is 5.91 Å². The van der Waals surface area contributed by atoms with Gasteiger partial charge in [0.1, 0.15) is 0 Å². The van der Waals surface area contributed by atoms with Crippen molar-refractivity contribution in [3.05, 3.63) is 82.3 Å². The summed E-state index contributed by atoms with van der Waals surface area (Å²) in [5, 5.41) is 5.97. The maximum absolute atomic E-state index is 12.3. The SMILES string of the molecule is O=C(NN=Cc1cccc(Br)c1)c1cccc2ccccc12. The zero-order valence-electron chi connectivity index (χ0n) is 11.7. The molecule has 0 aliphatic heterocycles. The monoisotopic (exact) mass is 352 g/mol. The van der Waals surface area contributed by atoms with Gasteiger partial charge in [0.2, 0.25) is 0 Å². The van der Waals surface area contributed by atoms with E-state index >= 15 is 0 Å². The van der Waals surface area contributed by atoms with E-state index < -0.39 is 0 Å². The molecule has 0 radical (unpaired) electrons. The van der Waals surface area contributed by atoms with Crippen LogP contribution in [-0.4, -0.2) is 12.1 Å². The molecule has 108 valence electrons. The molecule has 0 unspecified atom stereocenters. The number of halogens is 1. The predicted molar refractivity (Wildman–Crippen MR) is 93.2 cm³/mol. The predicted octanol–water partition coefficient (Wildman–Crippen LogP) is 4.37. The highest BCUT2D eigenvalue weighted by atomic mass is 79.9. The summed E-state index contributed by atoms with van der Waals surface area (Å²) in [6, 6.07) is 21.1. The van der Waals surface area contributed by atoms with Crippen LogP contribution in [0.15, 0.2) is 76.3 Å². The van der Waals surface area contributed by atoms with Crippen LogP contribution in [0.5, 0.6) is 0 Å².